The van der Waals surface area contributed by atoms with Gasteiger partial charge in [0, 0.05) is 12.2 Å². The van der Waals surface area contributed by atoms with Gasteiger partial charge in [0.25, 0.3) is 0 Å². The summed E-state index contributed by atoms with van der Waals surface area (Å²) in [5.74, 6) is 5.49. The number of piperidine rings is 1. The van der Waals surface area contributed by atoms with Crippen LogP contribution >= 0.6 is 12.4 Å². The molecule has 0 aliphatic carbocycles. The van der Waals surface area contributed by atoms with E-state index in [-0.39, 0.29) is 42.6 Å². The van der Waals surface area contributed by atoms with Gasteiger partial charge in [-0.2, -0.15) is 26.3 Å². The molecule has 0 bridgehead atoms. The second kappa shape index (κ2) is 9.59. The Morgan fingerprint density at radius 3 is 1.86 bits per heavy atom. The Kier molecular flexibility index (Phi) is 8.46. The summed E-state index contributed by atoms with van der Waals surface area (Å²) in [6.07, 6.45) is -8.04. The first-order chi connectivity index (χ1) is 12.8. The first-order valence-electron chi connectivity index (χ1n) is 8.94. The van der Waals surface area contributed by atoms with E-state index in [1.165, 1.54) is 0 Å². The van der Waals surface area contributed by atoms with Crippen LogP contribution in [-0.2, 0) is 12.4 Å². The summed E-state index contributed by atoms with van der Waals surface area (Å²) in [7, 11) is 0. The molecule has 29 heavy (non-hydrogen) atoms. The highest BCUT2D eigenvalue weighted by Crippen LogP contribution is 2.36. The van der Waals surface area contributed by atoms with Gasteiger partial charge in [0.2, 0.25) is 0 Å². The molecule has 2 nitrogen and oxygen atoms in total. The van der Waals surface area contributed by atoms with Crippen LogP contribution in [0.3, 0.4) is 0 Å². The van der Waals surface area contributed by atoms with Crippen LogP contribution in [0.1, 0.15) is 43.4 Å². The van der Waals surface area contributed by atoms with Crippen LogP contribution in [0.5, 0.6) is 0 Å². The highest BCUT2D eigenvalue weighted by atomic mass is 35.5. The molecule has 1 aliphatic heterocycles. The first-order valence-corrected chi connectivity index (χ1v) is 8.94. The van der Waals surface area contributed by atoms with Crippen LogP contribution in [0.4, 0.5) is 26.3 Å². The lowest BCUT2D eigenvalue weighted by atomic mass is 9.74. The molecule has 1 N–H and O–H groups in total. The Balaban J connectivity index is 0.00000420. The van der Waals surface area contributed by atoms with E-state index >= 15 is 0 Å². The average molecular weight is 444 g/mol. The number of rotatable bonds is 3. The largest absolute Gasteiger partial charge is 0.416 e. The van der Waals surface area contributed by atoms with Crippen molar-refractivity contribution in [2.75, 3.05) is 26.2 Å². The zero-order valence-corrected chi connectivity index (χ0v) is 16.9. The molecule has 1 heterocycles. The summed E-state index contributed by atoms with van der Waals surface area (Å²) >= 11 is 0. The number of benzene rings is 1. The lowest BCUT2D eigenvalue weighted by Gasteiger charge is -2.39. The molecule has 0 saturated carbocycles. The fraction of sp³-hybridized carbons (Fsp3) is 0.600. The zero-order chi connectivity index (χ0) is 21.2. The predicted molar refractivity (Wildman–Crippen MR) is 101 cm³/mol. The van der Waals surface area contributed by atoms with E-state index in [4.69, 9.17) is 0 Å². The summed E-state index contributed by atoms with van der Waals surface area (Å²) in [6.45, 7) is 5.80. The number of hydrogen-bond acceptors (Lipinski definition) is 2. The summed E-state index contributed by atoms with van der Waals surface area (Å²) in [4.78, 5) is 2.01. The molecule has 0 atom stereocenters. The Morgan fingerprint density at radius 2 is 1.45 bits per heavy atom. The van der Waals surface area contributed by atoms with Crippen molar-refractivity contribution in [1.29, 1.82) is 0 Å². The van der Waals surface area contributed by atoms with Crippen molar-refractivity contribution in [3.8, 4) is 11.8 Å². The van der Waals surface area contributed by atoms with Crippen LogP contribution in [0.15, 0.2) is 18.2 Å². The Bertz CT molecular complexity index is 708. The Hall–Kier alpha value is -1.43. The fourth-order valence-electron chi connectivity index (χ4n) is 3.28. The highest BCUT2D eigenvalue weighted by molar-refractivity contribution is 5.85. The Labute approximate surface area is 172 Å². The molecular formula is C20H24ClF6NO. The maximum absolute atomic E-state index is 12.9. The molecule has 0 amide bonds. The number of nitrogens with zero attached hydrogens (tertiary/aromatic N) is 1. The summed E-state index contributed by atoms with van der Waals surface area (Å²) in [5.41, 5.74) is -3.21. The van der Waals surface area contributed by atoms with Crippen molar-refractivity contribution in [3.05, 3.63) is 34.9 Å². The molecule has 1 fully saturated rings. The van der Waals surface area contributed by atoms with E-state index in [1.807, 2.05) is 18.7 Å². The minimum Gasteiger partial charge on any atom is -0.396 e. The highest BCUT2D eigenvalue weighted by Gasteiger charge is 2.37. The number of likely N-dealkylation sites (tertiary alicyclic amines) is 1. The monoisotopic (exact) mass is 443 g/mol. The molecule has 0 spiro atoms. The molecule has 164 valence electrons. The Morgan fingerprint density at radius 1 is 0.966 bits per heavy atom. The SMILES string of the molecule is CC(C)(CO)C1CCN(CC#Cc2cc(C(F)(F)F)cc(C(F)(F)F)c2)CC1.Cl. The van der Waals surface area contributed by atoms with Crippen molar-refractivity contribution in [3.63, 3.8) is 0 Å². The average Bonchev–Trinajstić information content (AvgIpc) is 2.60. The summed E-state index contributed by atoms with van der Waals surface area (Å²) < 4.78 is 77.2. The van der Waals surface area contributed by atoms with E-state index in [0.29, 0.717) is 18.1 Å². The predicted octanol–water partition coefficient (Wildman–Crippen LogP) is 5.23. The molecule has 2 rings (SSSR count). The third-order valence-electron chi connectivity index (χ3n) is 5.22. The normalized spacial score (nSPS) is 16.7. The van der Waals surface area contributed by atoms with E-state index in [9.17, 15) is 31.4 Å². The molecule has 1 saturated heterocycles. The zero-order valence-electron chi connectivity index (χ0n) is 16.1. The lowest BCUT2D eigenvalue weighted by molar-refractivity contribution is -0.143. The van der Waals surface area contributed by atoms with E-state index in [0.717, 1.165) is 25.9 Å². The molecule has 0 radical (unpaired) electrons. The number of hydrogen-bond donors (Lipinski definition) is 1. The molecule has 1 aliphatic rings. The van der Waals surface area contributed by atoms with Crippen LogP contribution < -0.4 is 0 Å². The first kappa shape index (κ1) is 25.6. The quantitative estimate of drug-likeness (QED) is 0.511. The number of alkyl halides is 6. The van der Waals surface area contributed by atoms with E-state index in [1.54, 1.807) is 0 Å². The van der Waals surface area contributed by atoms with Gasteiger partial charge in [-0.1, -0.05) is 25.7 Å². The van der Waals surface area contributed by atoms with Crippen molar-refractivity contribution < 1.29 is 31.4 Å². The van der Waals surface area contributed by atoms with Crippen molar-refractivity contribution >= 4 is 12.4 Å². The molecule has 1 aromatic carbocycles. The summed E-state index contributed by atoms with van der Waals surface area (Å²) in [6, 6.07) is 1.37. The maximum atomic E-state index is 12.9. The molecule has 9 heteroatoms. The van der Waals surface area contributed by atoms with Gasteiger partial charge >= 0.3 is 12.4 Å². The van der Waals surface area contributed by atoms with Crippen molar-refractivity contribution in [2.24, 2.45) is 11.3 Å². The van der Waals surface area contributed by atoms with Gasteiger partial charge in [-0.25, -0.2) is 0 Å². The van der Waals surface area contributed by atoms with Gasteiger partial charge in [0.05, 0.1) is 17.7 Å². The van der Waals surface area contributed by atoms with Crippen LogP contribution in [0.2, 0.25) is 0 Å². The van der Waals surface area contributed by atoms with Gasteiger partial charge in [-0.05, 0) is 55.5 Å². The minimum absolute atomic E-state index is 0. The lowest BCUT2D eigenvalue weighted by Crippen LogP contribution is -2.40. The number of aliphatic hydroxyl groups is 1. The summed E-state index contributed by atoms with van der Waals surface area (Å²) in [5, 5.41) is 9.44. The van der Waals surface area contributed by atoms with Gasteiger partial charge in [0.1, 0.15) is 0 Å². The fourth-order valence-corrected chi connectivity index (χ4v) is 3.28. The third kappa shape index (κ3) is 7.09. The molecule has 0 aromatic heterocycles. The molecular weight excluding hydrogens is 420 g/mol. The topological polar surface area (TPSA) is 23.5 Å². The van der Waals surface area contributed by atoms with E-state index in [2.05, 4.69) is 11.8 Å². The van der Waals surface area contributed by atoms with Crippen LogP contribution in [0.25, 0.3) is 0 Å². The maximum Gasteiger partial charge on any atom is 0.416 e. The van der Waals surface area contributed by atoms with Crippen molar-refractivity contribution in [1.82, 2.24) is 4.90 Å². The van der Waals surface area contributed by atoms with Crippen molar-refractivity contribution in [2.45, 2.75) is 39.0 Å². The van der Waals surface area contributed by atoms with E-state index < -0.39 is 23.5 Å². The number of halogens is 7. The smallest absolute Gasteiger partial charge is 0.396 e. The van der Waals surface area contributed by atoms with Gasteiger partial charge in [0.15, 0.2) is 0 Å². The second-order valence-electron chi connectivity index (χ2n) is 7.79. The van der Waals surface area contributed by atoms with Crippen LogP contribution in [-0.4, -0.2) is 36.2 Å². The third-order valence-corrected chi connectivity index (χ3v) is 5.22. The van der Waals surface area contributed by atoms with Crippen LogP contribution in [0, 0.1) is 23.2 Å². The van der Waals surface area contributed by atoms with Gasteiger partial charge in [-0.15, -0.1) is 12.4 Å². The number of aliphatic hydroxyl groups excluding tert-OH is 1. The molecule has 1 aromatic rings. The second-order valence-corrected chi connectivity index (χ2v) is 7.79. The molecule has 0 unspecified atom stereocenters. The standard InChI is InChI=1S/C20H23F6NO.ClH/c1-18(2,13-28)15-5-8-27(9-6-15)7-3-4-14-10-16(19(21,22)23)12-17(11-14)20(24,25)26;/h10-12,15,28H,5-9,13H2,1-2H3;1H. The van der Waals surface area contributed by atoms with Gasteiger partial charge in [-0.3, -0.25) is 4.90 Å². The van der Waals surface area contributed by atoms with Gasteiger partial charge < -0.3 is 5.11 Å². The minimum atomic E-state index is -4.88.